The summed E-state index contributed by atoms with van der Waals surface area (Å²) in [6, 6.07) is 11.2. The average molecular weight is 325 g/mol. The standard InChI is InChI=1S/C20H23NO3/c1-22-14-5-6-15-13(8-14)11-21-17-7-4-12-9-18(23-2)19(24-3)10-16(12)20(15)17/h5-6,8-10,17,20-21H,4,7,11H2,1-3H3. The molecule has 0 radical (unpaired) electrons. The van der Waals surface area contributed by atoms with Crippen LogP contribution in [0.2, 0.25) is 0 Å². The molecule has 0 amide bonds. The molecule has 2 aromatic rings. The van der Waals surface area contributed by atoms with Crippen molar-refractivity contribution >= 4 is 0 Å². The molecule has 0 saturated carbocycles. The van der Waals surface area contributed by atoms with Crippen molar-refractivity contribution in [1.82, 2.24) is 5.32 Å². The highest BCUT2D eigenvalue weighted by Crippen LogP contribution is 2.45. The minimum Gasteiger partial charge on any atom is -0.497 e. The summed E-state index contributed by atoms with van der Waals surface area (Å²) in [5.74, 6) is 2.88. The molecule has 0 bridgehead atoms. The monoisotopic (exact) mass is 325 g/mol. The maximum atomic E-state index is 5.54. The molecule has 4 nitrogen and oxygen atoms in total. The smallest absolute Gasteiger partial charge is 0.161 e. The lowest BCUT2D eigenvalue weighted by molar-refractivity contribution is 0.348. The van der Waals surface area contributed by atoms with E-state index in [2.05, 4.69) is 35.6 Å². The molecule has 0 saturated heterocycles. The quantitative estimate of drug-likeness (QED) is 0.940. The van der Waals surface area contributed by atoms with Crippen LogP contribution in [0.3, 0.4) is 0 Å². The van der Waals surface area contributed by atoms with Crippen molar-refractivity contribution in [3.05, 3.63) is 52.6 Å². The van der Waals surface area contributed by atoms with Crippen molar-refractivity contribution in [1.29, 1.82) is 0 Å². The van der Waals surface area contributed by atoms with Gasteiger partial charge in [-0.25, -0.2) is 0 Å². The Morgan fingerprint density at radius 2 is 1.67 bits per heavy atom. The molecule has 126 valence electrons. The van der Waals surface area contributed by atoms with Crippen molar-refractivity contribution in [3.8, 4) is 17.2 Å². The van der Waals surface area contributed by atoms with Gasteiger partial charge in [0.2, 0.25) is 0 Å². The van der Waals surface area contributed by atoms with E-state index in [1.807, 2.05) is 0 Å². The van der Waals surface area contributed by atoms with Gasteiger partial charge >= 0.3 is 0 Å². The number of rotatable bonds is 3. The summed E-state index contributed by atoms with van der Waals surface area (Å²) in [5.41, 5.74) is 5.42. The molecule has 2 atom stereocenters. The third-order valence-corrected chi connectivity index (χ3v) is 5.35. The molecule has 24 heavy (non-hydrogen) atoms. The number of aryl methyl sites for hydroxylation is 1. The van der Waals surface area contributed by atoms with Crippen molar-refractivity contribution in [2.45, 2.75) is 31.3 Å². The molecule has 1 aliphatic heterocycles. The zero-order chi connectivity index (χ0) is 16.7. The fourth-order valence-electron chi connectivity index (χ4n) is 4.15. The summed E-state index contributed by atoms with van der Waals surface area (Å²) in [5, 5.41) is 3.71. The van der Waals surface area contributed by atoms with E-state index in [4.69, 9.17) is 14.2 Å². The van der Waals surface area contributed by atoms with Crippen LogP contribution in [0.15, 0.2) is 30.3 Å². The van der Waals surface area contributed by atoms with E-state index < -0.39 is 0 Å². The molecule has 1 aliphatic carbocycles. The van der Waals surface area contributed by atoms with Gasteiger partial charge in [-0.3, -0.25) is 0 Å². The van der Waals surface area contributed by atoms with Crippen LogP contribution in [0.25, 0.3) is 0 Å². The van der Waals surface area contributed by atoms with Crippen LogP contribution in [0.5, 0.6) is 17.2 Å². The summed E-state index contributed by atoms with van der Waals surface area (Å²) < 4.78 is 16.4. The molecule has 1 N–H and O–H groups in total. The lowest BCUT2D eigenvalue weighted by Gasteiger charge is -2.39. The molecular weight excluding hydrogens is 302 g/mol. The Balaban J connectivity index is 1.85. The first-order chi connectivity index (χ1) is 11.7. The van der Waals surface area contributed by atoms with E-state index >= 15 is 0 Å². The Kier molecular flexibility index (Phi) is 3.85. The van der Waals surface area contributed by atoms with Gasteiger partial charge in [-0.15, -0.1) is 0 Å². The molecule has 2 aromatic carbocycles. The maximum Gasteiger partial charge on any atom is 0.161 e. The summed E-state index contributed by atoms with van der Waals surface area (Å²) in [6.07, 6.45) is 2.20. The minimum atomic E-state index is 0.350. The summed E-state index contributed by atoms with van der Waals surface area (Å²) >= 11 is 0. The summed E-state index contributed by atoms with van der Waals surface area (Å²) in [7, 11) is 5.11. The van der Waals surface area contributed by atoms with Crippen molar-refractivity contribution in [3.63, 3.8) is 0 Å². The van der Waals surface area contributed by atoms with Crippen molar-refractivity contribution in [2.24, 2.45) is 0 Å². The number of fused-ring (bicyclic) bond motifs is 5. The maximum absolute atomic E-state index is 5.54. The van der Waals surface area contributed by atoms with Crippen LogP contribution in [-0.2, 0) is 13.0 Å². The summed E-state index contributed by atoms with van der Waals surface area (Å²) in [6.45, 7) is 0.899. The van der Waals surface area contributed by atoms with E-state index in [0.29, 0.717) is 12.0 Å². The fourth-order valence-corrected chi connectivity index (χ4v) is 4.15. The first kappa shape index (κ1) is 15.3. The Bertz CT molecular complexity index is 772. The highest BCUT2D eigenvalue weighted by atomic mass is 16.5. The van der Waals surface area contributed by atoms with Gasteiger partial charge in [0.05, 0.1) is 21.3 Å². The Labute approximate surface area is 142 Å². The Morgan fingerprint density at radius 1 is 0.875 bits per heavy atom. The van der Waals surface area contributed by atoms with Crippen LogP contribution in [0, 0.1) is 0 Å². The van der Waals surface area contributed by atoms with Crippen LogP contribution < -0.4 is 19.5 Å². The van der Waals surface area contributed by atoms with Crippen molar-refractivity contribution in [2.75, 3.05) is 21.3 Å². The second-order valence-electron chi connectivity index (χ2n) is 6.47. The first-order valence-electron chi connectivity index (χ1n) is 8.40. The lowest BCUT2D eigenvalue weighted by Crippen LogP contribution is -2.42. The highest BCUT2D eigenvalue weighted by molar-refractivity contribution is 5.55. The second-order valence-corrected chi connectivity index (χ2v) is 6.47. The first-order valence-corrected chi connectivity index (χ1v) is 8.40. The topological polar surface area (TPSA) is 39.7 Å². The Hall–Kier alpha value is -2.20. The van der Waals surface area contributed by atoms with E-state index in [9.17, 15) is 0 Å². The fraction of sp³-hybridized carbons (Fsp3) is 0.400. The highest BCUT2D eigenvalue weighted by Gasteiger charge is 2.35. The van der Waals surface area contributed by atoms with Gasteiger partial charge < -0.3 is 19.5 Å². The van der Waals surface area contributed by atoms with Crippen LogP contribution in [-0.4, -0.2) is 27.4 Å². The van der Waals surface area contributed by atoms with E-state index in [0.717, 1.165) is 36.6 Å². The largest absolute Gasteiger partial charge is 0.497 e. The molecule has 0 spiro atoms. The van der Waals surface area contributed by atoms with Gasteiger partial charge in [-0.05, 0) is 59.4 Å². The molecule has 0 aromatic heterocycles. The molecule has 1 heterocycles. The lowest BCUT2D eigenvalue weighted by atomic mass is 9.72. The molecule has 2 aliphatic rings. The Morgan fingerprint density at radius 3 is 2.42 bits per heavy atom. The third-order valence-electron chi connectivity index (χ3n) is 5.35. The SMILES string of the molecule is COc1ccc2c(c1)CNC1CCc3cc(OC)c(OC)cc3C21. The van der Waals surface area contributed by atoms with Gasteiger partial charge in [0, 0.05) is 18.5 Å². The zero-order valence-corrected chi connectivity index (χ0v) is 14.4. The molecule has 4 rings (SSSR count). The van der Waals surface area contributed by atoms with Gasteiger partial charge in [0.15, 0.2) is 11.5 Å². The van der Waals surface area contributed by atoms with Crippen LogP contribution >= 0.6 is 0 Å². The van der Waals surface area contributed by atoms with Gasteiger partial charge in [-0.2, -0.15) is 0 Å². The molecule has 0 fully saturated rings. The predicted octanol–water partition coefficient (Wildman–Crippen LogP) is 3.26. The van der Waals surface area contributed by atoms with Crippen LogP contribution in [0.1, 0.15) is 34.6 Å². The predicted molar refractivity (Wildman–Crippen MR) is 93.3 cm³/mol. The number of benzene rings is 2. The number of methoxy groups -OCH3 is 3. The second kappa shape index (κ2) is 6.02. The van der Waals surface area contributed by atoms with E-state index in [1.54, 1.807) is 21.3 Å². The molecule has 2 unspecified atom stereocenters. The van der Waals surface area contributed by atoms with Gasteiger partial charge in [0.25, 0.3) is 0 Å². The van der Waals surface area contributed by atoms with Gasteiger partial charge in [-0.1, -0.05) is 6.07 Å². The normalized spacial score (nSPS) is 21.3. The average Bonchev–Trinajstić information content (AvgIpc) is 2.65. The van der Waals surface area contributed by atoms with E-state index in [1.165, 1.54) is 22.3 Å². The third kappa shape index (κ3) is 2.33. The number of hydrogen-bond donors (Lipinski definition) is 1. The van der Waals surface area contributed by atoms with Crippen LogP contribution in [0.4, 0.5) is 0 Å². The molecular formula is C20H23NO3. The zero-order valence-electron chi connectivity index (χ0n) is 14.4. The number of hydrogen-bond acceptors (Lipinski definition) is 4. The minimum absolute atomic E-state index is 0.350. The van der Waals surface area contributed by atoms with Gasteiger partial charge in [0.1, 0.15) is 5.75 Å². The summed E-state index contributed by atoms with van der Waals surface area (Å²) in [4.78, 5) is 0. The molecule has 4 heteroatoms. The number of ether oxygens (including phenoxy) is 3. The van der Waals surface area contributed by atoms with Crippen molar-refractivity contribution < 1.29 is 14.2 Å². The number of nitrogens with one attached hydrogen (secondary N) is 1. The van der Waals surface area contributed by atoms with E-state index in [-0.39, 0.29) is 0 Å².